The van der Waals surface area contributed by atoms with Crippen molar-refractivity contribution >= 4 is 17.6 Å². The van der Waals surface area contributed by atoms with E-state index >= 15 is 0 Å². The van der Waals surface area contributed by atoms with Crippen molar-refractivity contribution in [3.05, 3.63) is 46.0 Å². The van der Waals surface area contributed by atoms with Crippen LogP contribution in [0, 0.1) is 46.9 Å². The van der Waals surface area contributed by atoms with Crippen molar-refractivity contribution in [2.45, 2.75) is 27.2 Å². The van der Waals surface area contributed by atoms with Crippen LogP contribution in [0.4, 0.5) is 17.6 Å². The zero-order valence-electron chi connectivity index (χ0n) is 12.7. The summed E-state index contributed by atoms with van der Waals surface area (Å²) in [5.41, 5.74) is -3.01. The molecule has 0 aromatic heterocycles. The van der Waals surface area contributed by atoms with Crippen LogP contribution in [0.5, 0.6) is 0 Å². The van der Waals surface area contributed by atoms with Gasteiger partial charge in [0.1, 0.15) is 0 Å². The van der Waals surface area contributed by atoms with Gasteiger partial charge in [-0.25, -0.2) is 17.6 Å². The lowest BCUT2D eigenvalue weighted by atomic mass is 9.87. The number of rotatable bonds is 4. The van der Waals surface area contributed by atoms with Gasteiger partial charge in [-0.15, -0.1) is 0 Å². The molecule has 1 fully saturated rings. The van der Waals surface area contributed by atoms with E-state index in [0.29, 0.717) is 0 Å². The molecule has 126 valence electrons. The van der Waals surface area contributed by atoms with Crippen LogP contribution >= 0.6 is 11.6 Å². The Hall–Kier alpha value is -1.56. The molecule has 2 atom stereocenters. The first kappa shape index (κ1) is 17.8. The number of hydrogen-bond acceptors (Lipinski definition) is 1. The lowest BCUT2D eigenvalue weighted by Crippen LogP contribution is -2.26. The number of halogens is 5. The Balaban J connectivity index is 2.60. The quantitative estimate of drug-likeness (QED) is 0.638. The molecule has 1 aliphatic rings. The summed E-state index contributed by atoms with van der Waals surface area (Å²) in [4.78, 5) is 11.7. The number of carboxylic acids is 1. The second-order valence-electron chi connectivity index (χ2n) is 6.33. The van der Waals surface area contributed by atoms with Crippen molar-refractivity contribution in [1.82, 2.24) is 0 Å². The van der Waals surface area contributed by atoms with Crippen molar-refractivity contribution in [3.8, 4) is 0 Å². The topological polar surface area (TPSA) is 37.3 Å². The highest BCUT2D eigenvalue weighted by atomic mass is 35.5. The molecular formula is C16H15ClF4O2. The molecule has 2 nitrogen and oxygen atoms in total. The first-order valence-electron chi connectivity index (χ1n) is 6.85. The van der Waals surface area contributed by atoms with Gasteiger partial charge in [-0.3, -0.25) is 4.79 Å². The normalized spacial score (nSPS) is 25.8. The Morgan fingerprint density at radius 1 is 1.17 bits per heavy atom. The molecule has 1 aromatic carbocycles. The number of benzene rings is 1. The molecule has 0 heterocycles. The first-order valence-corrected chi connectivity index (χ1v) is 7.29. The maximum Gasteiger partial charge on any atom is 0.311 e. The Bertz CT molecular complexity index is 686. The SMILES string of the molecule is Cc1c(F)c(F)c(CC2(C(=O)O)C(/C=C/Cl)C2(C)C)c(F)c1F. The van der Waals surface area contributed by atoms with E-state index in [9.17, 15) is 27.5 Å². The van der Waals surface area contributed by atoms with Crippen molar-refractivity contribution in [2.24, 2.45) is 16.7 Å². The van der Waals surface area contributed by atoms with Crippen LogP contribution in [0.1, 0.15) is 25.0 Å². The van der Waals surface area contributed by atoms with E-state index in [-0.39, 0.29) is 0 Å². The zero-order valence-corrected chi connectivity index (χ0v) is 13.4. The van der Waals surface area contributed by atoms with Gasteiger partial charge in [-0.05, 0) is 18.8 Å². The number of carbonyl (C=O) groups is 1. The third kappa shape index (κ3) is 2.26. The monoisotopic (exact) mass is 350 g/mol. The lowest BCUT2D eigenvalue weighted by molar-refractivity contribution is -0.145. The van der Waals surface area contributed by atoms with E-state index < -0.39 is 63.5 Å². The van der Waals surface area contributed by atoms with Crippen molar-refractivity contribution < 1.29 is 27.5 Å². The molecule has 1 N–H and O–H groups in total. The maximum absolute atomic E-state index is 14.1. The highest BCUT2D eigenvalue weighted by Crippen LogP contribution is 2.71. The van der Waals surface area contributed by atoms with Gasteiger partial charge >= 0.3 is 5.97 Å². The third-order valence-electron chi connectivity index (χ3n) is 5.05. The average molecular weight is 351 g/mol. The maximum atomic E-state index is 14.1. The van der Waals surface area contributed by atoms with E-state index in [2.05, 4.69) is 0 Å². The molecular weight excluding hydrogens is 336 g/mol. The molecule has 0 radical (unpaired) electrons. The standard InChI is InChI=1S/C16H15ClF4O2/c1-7-10(18)12(20)8(13(21)11(7)19)6-16(14(22)23)9(4-5-17)15(16,2)3/h4-5,9H,6H2,1-3H3,(H,22,23)/b5-4+. The second kappa shape index (κ2) is 5.51. The minimum absolute atomic E-state index is 0.615. The summed E-state index contributed by atoms with van der Waals surface area (Å²) in [7, 11) is 0. The summed E-state index contributed by atoms with van der Waals surface area (Å²) in [6.45, 7) is 4.10. The summed E-state index contributed by atoms with van der Waals surface area (Å²) in [6, 6.07) is 0. The van der Waals surface area contributed by atoms with Crippen molar-refractivity contribution in [1.29, 1.82) is 0 Å². The van der Waals surface area contributed by atoms with Crippen LogP contribution in [0.25, 0.3) is 0 Å². The molecule has 0 aliphatic heterocycles. The molecule has 0 amide bonds. The molecule has 2 unspecified atom stereocenters. The predicted octanol–water partition coefficient (Wildman–Crippen LogP) is 4.57. The summed E-state index contributed by atoms with van der Waals surface area (Å²) in [5, 5.41) is 9.56. The Morgan fingerprint density at radius 3 is 2.04 bits per heavy atom. The average Bonchev–Trinajstić information content (AvgIpc) is 2.96. The Morgan fingerprint density at radius 2 is 1.65 bits per heavy atom. The van der Waals surface area contributed by atoms with Crippen LogP contribution < -0.4 is 0 Å². The second-order valence-corrected chi connectivity index (χ2v) is 6.58. The van der Waals surface area contributed by atoms with Gasteiger partial charge in [-0.1, -0.05) is 31.5 Å². The Kier molecular flexibility index (Phi) is 4.26. The predicted molar refractivity (Wildman–Crippen MR) is 77.0 cm³/mol. The number of aliphatic carboxylic acids is 1. The van der Waals surface area contributed by atoms with Crippen LogP contribution in [0.2, 0.25) is 0 Å². The molecule has 7 heteroatoms. The van der Waals surface area contributed by atoms with E-state index in [0.717, 1.165) is 12.5 Å². The lowest BCUT2D eigenvalue weighted by Gasteiger charge is -2.17. The molecule has 2 rings (SSSR count). The van der Waals surface area contributed by atoms with E-state index in [4.69, 9.17) is 11.6 Å². The summed E-state index contributed by atoms with van der Waals surface area (Å²) >= 11 is 5.49. The fourth-order valence-electron chi connectivity index (χ4n) is 3.42. The van der Waals surface area contributed by atoms with Gasteiger partial charge in [0.25, 0.3) is 0 Å². The highest BCUT2D eigenvalue weighted by Gasteiger charge is 2.74. The molecule has 1 aromatic rings. The van der Waals surface area contributed by atoms with Crippen LogP contribution in [-0.2, 0) is 11.2 Å². The van der Waals surface area contributed by atoms with Crippen LogP contribution in [-0.4, -0.2) is 11.1 Å². The smallest absolute Gasteiger partial charge is 0.311 e. The molecule has 1 saturated carbocycles. The number of allylic oxidation sites excluding steroid dienone is 1. The van der Waals surface area contributed by atoms with E-state index in [1.165, 1.54) is 6.08 Å². The molecule has 1 aliphatic carbocycles. The van der Waals surface area contributed by atoms with Gasteiger partial charge in [0, 0.05) is 22.6 Å². The third-order valence-corrected chi connectivity index (χ3v) is 5.20. The van der Waals surface area contributed by atoms with E-state index in [1.807, 2.05) is 0 Å². The molecule has 23 heavy (non-hydrogen) atoms. The van der Waals surface area contributed by atoms with Gasteiger partial charge in [0.2, 0.25) is 0 Å². The number of hydrogen-bond donors (Lipinski definition) is 1. The van der Waals surface area contributed by atoms with Gasteiger partial charge in [0.05, 0.1) is 5.41 Å². The van der Waals surface area contributed by atoms with Gasteiger partial charge in [-0.2, -0.15) is 0 Å². The zero-order chi connectivity index (χ0) is 17.7. The van der Waals surface area contributed by atoms with E-state index in [1.54, 1.807) is 13.8 Å². The van der Waals surface area contributed by atoms with Crippen molar-refractivity contribution in [2.75, 3.05) is 0 Å². The fraction of sp³-hybridized carbons (Fsp3) is 0.438. The van der Waals surface area contributed by atoms with Crippen LogP contribution in [0.15, 0.2) is 11.6 Å². The largest absolute Gasteiger partial charge is 0.481 e. The van der Waals surface area contributed by atoms with Gasteiger partial charge in [0.15, 0.2) is 23.3 Å². The van der Waals surface area contributed by atoms with Crippen LogP contribution in [0.3, 0.4) is 0 Å². The molecule has 0 bridgehead atoms. The fourth-order valence-corrected chi connectivity index (χ4v) is 3.56. The summed E-state index contributed by atoms with van der Waals surface area (Å²) < 4.78 is 55.5. The highest BCUT2D eigenvalue weighted by molar-refractivity contribution is 6.25. The summed E-state index contributed by atoms with van der Waals surface area (Å²) in [5.74, 6) is -8.06. The summed E-state index contributed by atoms with van der Waals surface area (Å²) in [6.07, 6.45) is 0.736. The van der Waals surface area contributed by atoms with Gasteiger partial charge < -0.3 is 5.11 Å². The molecule has 0 spiro atoms. The first-order chi connectivity index (χ1) is 10.5. The van der Waals surface area contributed by atoms with Crippen molar-refractivity contribution in [3.63, 3.8) is 0 Å². The minimum atomic E-state index is -1.59. The Labute approximate surface area is 135 Å². The minimum Gasteiger partial charge on any atom is -0.481 e. The molecule has 0 saturated heterocycles. The number of carboxylic acid groups (broad SMARTS) is 1.